The molecule has 0 aromatic carbocycles. The van der Waals surface area contributed by atoms with Gasteiger partial charge in [-0.3, -0.25) is 0 Å². The summed E-state index contributed by atoms with van der Waals surface area (Å²) in [6.07, 6.45) is 13.6. The zero-order valence-corrected chi connectivity index (χ0v) is 10.7. The largest absolute Gasteiger partial charge is 0.0651 e. The van der Waals surface area contributed by atoms with E-state index < -0.39 is 0 Å². The van der Waals surface area contributed by atoms with Crippen LogP contribution in [0.5, 0.6) is 0 Å². The van der Waals surface area contributed by atoms with Crippen LogP contribution in [0.4, 0.5) is 0 Å². The minimum absolute atomic E-state index is 1.01. The van der Waals surface area contributed by atoms with E-state index in [9.17, 15) is 0 Å². The second kappa shape index (κ2) is 5.37. The molecule has 0 saturated heterocycles. The summed E-state index contributed by atoms with van der Waals surface area (Å²) >= 11 is 0. The Labute approximate surface area is 95.8 Å². The molecule has 2 aliphatic rings. The summed E-state index contributed by atoms with van der Waals surface area (Å²) in [5.74, 6) is 4.23. The number of rotatable bonds is 4. The van der Waals surface area contributed by atoms with Crippen LogP contribution in [0.1, 0.15) is 71.6 Å². The van der Waals surface area contributed by atoms with Gasteiger partial charge in [0.1, 0.15) is 0 Å². The highest BCUT2D eigenvalue weighted by molar-refractivity contribution is 4.83. The van der Waals surface area contributed by atoms with Crippen LogP contribution in [0.15, 0.2) is 0 Å². The van der Waals surface area contributed by atoms with E-state index in [0.29, 0.717) is 0 Å². The second-order valence-corrected chi connectivity index (χ2v) is 6.02. The monoisotopic (exact) mass is 208 g/mol. The van der Waals surface area contributed by atoms with E-state index >= 15 is 0 Å². The molecule has 0 heterocycles. The molecule has 0 radical (unpaired) electrons. The van der Waals surface area contributed by atoms with Gasteiger partial charge in [0, 0.05) is 0 Å². The predicted molar refractivity (Wildman–Crippen MR) is 66.9 cm³/mol. The third kappa shape index (κ3) is 2.57. The lowest BCUT2D eigenvalue weighted by molar-refractivity contribution is 0.173. The molecule has 0 aromatic heterocycles. The van der Waals surface area contributed by atoms with Crippen LogP contribution in [0.3, 0.4) is 0 Å². The summed E-state index contributed by atoms with van der Waals surface area (Å²) < 4.78 is 0. The van der Waals surface area contributed by atoms with E-state index in [2.05, 4.69) is 13.8 Å². The summed E-state index contributed by atoms with van der Waals surface area (Å²) in [5.41, 5.74) is 0. The predicted octanol–water partition coefficient (Wildman–Crippen LogP) is 5.03. The van der Waals surface area contributed by atoms with E-state index in [1.165, 1.54) is 57.8 Å². The Kier molecular flexibility index (Phi) is 4.11. The van der Waals surface area contributed by atoms with Crippen molar-refractivity contribution in [3.05, 3.63) is 0 Å². The van der Waals surface area contributed by atoms with Crippen LogP contribution >= 0.6 is 0 Å². The maximum atomic E-state index is 2.56. The minimum Gasteiger partial charge on any atom is -0.0651 e. The summed E-state index contributed by atoms with van der Waals surface area (Å²) in [6, 6.07) is 0. The Morgan fingerprint density at radius 2 is 1.33 bits per heavy atom. The quantitative estimate of drug-likeness (QED) is 0.608. The van der Waals surface area contributed by atoms with Gasteiger partial charge >= 0.3 is 0 Å². The lowest BCUT2D eigenvalue weighted by Gasteiger charge is -2.32. The van der Waals surface area contributed by atoms with Crippen molar-refractivity contribution in [1.29, 1.82) is 0 Å². The van der Waals surface area contributed by atoms with Crippen LogP contribution in [0, 0.1) is 23.7 Å². The Balaban J connectivity index is 1.91. The smallest absolute Gasteiger partial charge is 0.0360 e. The first-order valence-corrected chi connectivity index (χ1v) is 7.33. The molecule has 0 spiro atoms. The molecule has 88 valence electrons. The second-order valence-electron chi connectivity index (χ2n) is 6.02. The van der Waals surface area contributed by atoms with Gasteiger partial charge in [0.2, 0.25) is 0 Å². The molecule has 2 fully saturated rings. The van der Waals surface area contributed by atoms with Crippen molar-refractivity contribution in [2.45, 2.75) is 71.6 Å². The van der Waals surface area contributed by atoms with Crippen LogP contribution in [-0.2, 0) is 0 Å². The van der Waals surface area contributed by atoms with Crippen molar-refractivity contribution < 1.29 is 0 Å². The number of hydrogen-bond donors (Lipinski definition) is 0. The highest BCUT2D eigenvalue weighted by atomic mass is 14.4. The van der Waals surface area contributed by atoms with Gasteiger partial charge in [-0.2, -0.15) is 0 Å². The first-order chi connectivity index (χ1) is 7.33. The molecule has 0 aliphatic heterocycles. The molecule has 0 aromatic rings. The van der Waals surface area contributed by atoms with Gasteiger partial charge in [-0.25, -0.2) is 0 Å². The van der Waals surface area contributed by atoms with Crippen molar-refractivity contribution in [2.75, 3.05) is 0 Å². The van der Waals surface area contributed by atoms with Crippen LogP contribution in [0.2, 0.25) is 0 Å². The Morgan fingerprint density at radius 3 is 1.80 bits per heavy atom. The van der Waals surface area contributed by atoms with Crippen molar-refractivity contribution in [2.24, 2.45) is 23.7 Å². The van der Waals surface area contributed by atoms with Gasteiger partial charge in [0.05, 0.1) is 0 Å². The molecule has 2 rings (SSSR count). The van der Waals surface area contributed by atoms with E-state index in [1.54, 1.807) is 0 Å². The molecule has 2 saturated carbocycles. The summed E-state index contributed by atoms with van der Waals surface area (Å²) in [5, 5.41) is 0. The lowest BCUT2D eigenvalue weighted by Crippen LogP contribution is -2.24. The fourth-order valence-electron chi connectivity index (χ4n) is 4.35. The third-order valence-electron chi connectivity index (χ3n) is 5.30. The van der Waals surface area contributed by atoms with Crippen molar-refractivity contribution in [3.8, 4) is 0 Å². The van der Waals surface area contributed by atoms with E-state index in [1.807, 2.05) is 0 Å². The minimum atomic E-state index is 1.01. The molecule has 2 atom stereocenters. The molecule has 2 aliphatic carbocycles. The fraction of sp³-hybridized carbons (Fsp3) is 1.00. The van der Waals surface area contributed by atoms with Gasteiger partial charge in [0.15, 0.2) is 0 Å². The normalized spacial score (nSPS) is 28.4. The van der Waals surface area contributed by atoms with Gasteiger partial charge in [-0.05, 0) is 23.7 Å². The van der Waals surface area contributed by atoms with Gasteiger partial charge in [0.25, 0.3) is 0 Å². The standard InChI is InChI=1S/C15H28/c1-3-15(14-10-6-7-11-14)12(2)13-8-4-5-9-13/h12-15H,3-11H2,1-2H3. The van der Waals surface area contributed by atoms with Crippen molar-refractivity contribution in [1.82, 2.24) is 0 Å². The summed E-state index contributed by atoms with van der Waals surface area (Å²) in [4.78, 5) is 0. The highest BCUT2D eigenvalue weighted by Crippen LogP contribution is 2.43. The highest BCUT2D eigenvalue weighted by Gasteiger charge is 2.32. The molecule has 2 unspecified atom stereocenters. The fourth-order valence-corrected chi connectivity index (χ4v) is 4.35. The Bertz CT molecular complexity index is 172. The summed E-state index contributed by atoms with van der Waals surface area (Å²) in [6.45, 7) is 4.98. The maximum Gasteiger partial charge on any atom is -0.0360 e. The molecule has 0 N–H and O–H groups in total. The molecule has 15 heavy (non-hydrogen) atoms. The van der Waals surface area contributed by atoms with Gasteiger partial charge < -0.3 is 0 Å². The van der Waals surface area contributed by atoms with Crippen molar-refractivity contribution in [3.63, 3.8) is 0 Å². The number of hydrogen-bond acceptors (Lipinski definition) is 0. The molecule has 0 bridgehead atoms. The molecule has 0 amide bonds. The molecular formula is C15H28. The lowest BCUT2D eigenvalue weighted by atomic mass is 9.73. The zero-order chi connectivity index (χ0) is 10.7. The summed E-state index contributed by atoms with van der Waals surface area (Å²) in [7, 11) is 0. The molecule has 0 heteroatoms. The topological polar surface area (TPSA) is 0 Å². The zero-order valence-electron chi connectivity index (χ0n) is 10.7. The maximum absolute atomic E-state index is 2.56. The van der Waals surface area contributed by atoms with Crippen LogP contribution in [-0.4, -0.2) is 0 Å². The average Bonchev–Trinajstić information content (AvgIpc) is 2.91. The van der Waals surface area contributed by atoms with Crippen LogP contribution in [0.25, 0.3) is 0 Å². The average molecular weight is 208 g/mol. The third-order valence-corrected chi connectivity index (χ3v) is 5.30. The Morgan fingerprint density at radius 1 is 0.867 bits per heavy atom. The van der Waals surface area contributed by atoms with Crippen LogP contribution < -0.4 is 0 Å². The molecular weight excluding hydrogens is 180 g/mol. The first kappa shape index (κ1) is 11.5. The first-order valence-electron chi connectivity index (χ1n) is 7.33. The van der Waals surface area contributed by atoms with Crippen molar-refractivity contribution >= 4 is 0 Å². The molecule has 0 nitrogen and oxygen atoms in total. The van der Waals surface area contributed by atoms with Gasteiger partial charge in [-0.1, -0.05) is 71.6 Å². The van der Waals surface area contributed by atoms with Gasteiger partial charge in [-0.15, -0.1) is 0 Å². The van der Waals surface area contributed by atoms with E-state index in [-0.39, 0.29) is 0 Å². The SMILES string of the molecule is CCC(C1CCCC1)C(C)C1CCCC1. The Hall–Kier alpha value is 0. The van der Waals surface area contributed by atoms with E-state index in [0.717, 1.165) is 23.7 Å². The van der Waals surface area contributed by atoms with E-state index in [4.69, 9.17) is 0 Å².